The molecule has 1 atom stereocenters. The van der Waals surface area contributed by atoms with E-state index >= 15 is 0 Å². The summed E-state index contributed by atoms with van der Waals surface area (Å²) in [6, 6.07) is 10.1. The highest BCUT2D eigenvalue weighted by Gasteiger charge is 2.24. The smallest absolute Gasteiger partial charge is 0.228 e. The van der Waals surface area contributed by atoms with Gasteiger partial charge < -0.3 is 9.47 Å². The van der Waals surface area contributed by atoms with Gasteiger partial charge in [0.2, 0.25) is 5.91 Å². The maximum atomic E-state index is 12.6. The molecule has 2 aromatic heterocycles. The van der Waals surface area contributed by atoms with Gasteiger partial charge in [0, 0.05) is 25.3 Å². The number of likely N-dealkylation sites (tertiary alicyclic amines) is 1. The molecule has 6 nitrogen and oxygen atoms in total. The van der Waals surface area contributed by atoms with Crippen molar-refractivity contribution in [2.24, 2.45) is 5.92 Å². The van der Waals surface area contributed by atoms with Crippen LogP contribution in [0.25, 0.3) is 11.0 Å². The highest BCUT2D eigenvalue weighted by atomic mass is 16.2. The summed E-state index contributed by atoms with van der Waals surface area (Å²) in [6.45, 7) is 4.53. The predicted octanol–water partition coefficient (Wildman–Crippen LogP) is 2.55. The van der Waals surface area contributed by atoms with Crippen molar-refractivity contribution in [1.82, 2.24) is 24.6 Å². The number of aromatic nitrogens is 4. The predicted molar refractivity (Wildman–Crippen MR) is 96.1 cm³/mol. The number of carbonyl (C=O) groups excluding carboxylic acids is 1. The molecule has 4 rings (SSSR count). The normalized spacial score (nSPS) is 18.0. The van der Waals surface area contributed by atoms with Crippen molar-refractivity contribution in [3.63, 3.8) is 0 Å². The Kier molecular flexibility index (Phi) is 4.26. The van der Waals surface area contributed by atoms with E-state index in [1.165, 1.54) is 0 Å². The van der Waals surface area contributed by atoms with Gasteiger partial charge >= 0.3 is 0 Å². The molecule has 0 bridgehead atoms. The third-order valence-corrected chi connectivity index (χ3v) is 4.95. The van der Waals surface area contributed by atoms with Crippen molar-refractivity contribution in [3.05, 3.63) is 48.0 Å². The molecule has 1 amide bonds. The minimum absolute atomic E-state index is 0.173. The number of H-pyrrole nitrogens is 1. The number of benzene rings is 1. The third-order valence-electron chi connectivity index (χ3n) is 4.95. The van der Waals surface area contributed by atoms with E-state index in [0.29, 0.717) is 12.3 Å². The Morgan fingerprint density at radius 2 is 2.24 bits per heavy atom. The first-order chi connectivity index (χ1) is 12.2. The van der Waals surface area contributed by atoms with Gasteiger partial charge in [-0.3, -0.25) is 9.89 Å². The molecule has 1 aliphatic rings. The molecule has 0 aliphatic carbocycles. The van der Waals surface area contributed by atoms with Crippen molar-refractivity contribution < 1.29 is 4.79 Å². The molecule has 0 radical (unpaired) electrons. The van der Waals surface area contributed by atoms with Gasteiger partial charge in [0.15, 0.2) is 0 Å². The standard InChI is InChI=1S/C19H23N5O/c1-14-9-16(22-21-14)10-19(25)23-8-4-5-15(11-23)12-24-13-20-17-6-2-3-7-18(17)24/h2-3,6-7,9,13,15H,4-5,8,10-12H2,1H3,(H,21,22). The van der Waals surface area contributed by atoms with Crippen LogP contribution < -0.4 is 0 Å². The molecule has 1 N–H and O–H groups in total. The number of amides is 1. The first-order valence-electron chi connectivity index (χ1n) is 8.87. The first kappa shape index (κ1) is 15.9. The van der Waals surface area contributed by atoms with Gasteiger partial charge in [0.25, 0.3) is 0 Å². The quantitative estimate of drug-likeness (QED) is 0.795. The Bertz CT molecular complexity index is 881. The molecular weight excluding hydrogens is 314 g/mol. The number of carbonyl (C=O) groups is 1. The molecule has 1 fully saturated rings. The van der Waals surface area contributed by atoms with Gasteiger partial charge in [-0.25, -0.2) is 4.98 Å². The molecule has 1 aliphatic heterocycles. The van der Waals surface area contributed by atoms with Crippen LogP contribution in [0.15, 0.2) is 36.7 Å². The lowest BCUT2D eigenvalue weighted by Crippen LogP contribution is -2.41. The average Bonchev–Trinajstić information content (AvgIpc) is 3.22. The number of hydrogen-bond donors (Lipinski definition) is 1. The van der Waals surface area contributed by atoms with Gasteiger partial charge in [-0.1, -0.05) is 12.1 Å². The lowest BCUT2D eigenvalue weighted by Gasteiger charge is -2.33. The van der Waals surface area contributed by atoms with Crippen LogP contribution in [0, 0.1) is 12.8 Å². The van der Waals surface area contributed by atoms with Gasteiger partial charge in [-0.2, -0.15) is 5.10 Å². The van der Waals surface area contributed by atoms with Crippen LogP contribution >= 0.6 is 0 Å². The van der Waals surface area contributed by atoms with E-state index in [2.05, 4.69) is 25.8 Å². The van der Waals surface area contributed by atoms with E-state index in [4.69, 9.17) is 0 Å². The Labute approximate surface area is 146 Å². The molecule has 130 valence electrons. The number of fused-ring (bicyclic) bond motifs is 1. The fourth-order valence-electron chi connectivity index (χ4n) is 3.71. The molecular formula is C19H23N5O. The number of aryl methyl sites for hydroxylation is 1. The summed E-state index contributed by atoms with van der Waals surface area (Å²) >= 11 is 0. The second-order valence-corrected chi connectivity index (χ2v) is 6.95. The Hall–Kier alpha value is -2.63. The summed E-state index contributed by atoms with van der Waals surface area (Å²) in [6.07, 6.45) is 4.50. The number of rotatable bonds is 4. The Morgan fingerprint density at radius 3 is 3.08 bits per heavy atom. The average molecular weight is 337 g/mol. The van der Waals surface area contributed by atoms with Crippen LogP contribution in [-0.4, -0.2) is 43.6 Å². The van der Waals surface area contributed by atoms with E-state index in [-0.39, 0.29) is 5.91 Å². The largest absolute Gasteiger partial charge is 0.342 e. The summed E-state index contributed by atoms with van der Waals surface area (Å²) in [5, 5.41) is 7.08. The highest BCUT2D eigenvalue weighted by Crippen LogP contribution is 2.21. The van der Waals surface area contributed by atoms with Crippen LogP contribution in [0.2, 0.25) is 0 Å². The maximum Gasteiger partial charge on any atom is 0.228 e. The van der Waals surface area contributed by atoms with E-state index in [1.54, 1.807) is 0 Å². The second kappa shape index (κ2) is 6.70. The summed E-state index contributed by atoms with van der Waals surface area (Å²) < 4.78 is 2.21. The van der Waals surface area contributed by atoms with Gasteiger partial charge in [-0.15, -0.1) is 0 Å². The van der Waals surface area contributed by atoms with Crippen LogP contribution in [-0.2, 0) is 17.8 Å². The summed E-state index contributed by atoms with van der Waals surface area (Å²) in [5.74, 6) is 0.642. The Balaban J connectivity index is 1.41. The fourth-order valence-corrected chi connectivity index (χ4v) is 3.71. The molecule has 3 aromatic rings. The van der Waals surface area contributed by atoms with Gasteiger partial charge in [-0.05, 0) is 43.9 Å². The lowest BCUT2D eigenvalue weighted by molar-refractivity contribution is -0.132. The topological polar surface area (TPSA) is 66.8 Å². The van der Waals surface area contributed by atoms with Crippen LogP contribution in [0.5, 0.6) is 0 Å². The number of nitrogens with one attached hydrogen (secondary N) is 1. The van der Waals surface area contributed by atoms with Crippen LogP contribution in [0.4, 0.5) is 0 Å². The zero-order valence-electron chi connectivity index (χ0n) is 14.5. The van der Waals surface area contributed by atoms with E-state index < -0.39 is 0 Å². The van der Waals surface area contributed by atoms with Crippen LogP contribution in [0.1, 0.15) is 24.2 Å². The zero-order chi connectivity index (χ0) is 17.2. The summed E-state index contributed by atoms with van der Waals surface area (Å²) in [7, 11) is 0. The van der Waals surface area contributed by atoms with Crippen molar-refractivity contribution >= 4 is 16.9 Å². The van der Waals surface area contributed by atoms with Crippen LogP contribution in [0.3, 0.4) is 0 Å². The fraction of sp³-hybridized carbons (Fsp3) is 0.421. The SMILES string of the molecule is Cc1cc(CC(=O)N2CCCC(Cn3cnc4ccccc43)C2)n[nH]1. The maximum absolute atomic E-state index is 12.6. The molecule has 1 aromatic carbocycles. The number of piperidine rings is 1. The third kappa shape index (κ3) is 3.43. The number of imidazole rings is 1. The number of aromatic amines is 1. The second-order valence-electron chi connectivity index (χ2n) is 6.95. The molecule has 6 heteroatoms. The van der Waals surface area contributed by atoms with Crippen molar-refractivity contribution in [1.29, 1.82) is 0 Å². The Morgan fingerprint density at radius 1 is 1.36 bits per heavy atom. The number of para-hydroxylation sites is 2. The van der Waals surface area contributed by atoms with E-state index in [9.17, 15) is 4.79 Å². The zero-order valence-corrected chi connectivity index (χ0v) is 14.5. The molecule has 0 spiro atoms. The van der Waals surface area contributed by atoms with E-state index in [1.807, 2.05) is 42.4 Å². The molecule has 3 heterocycles. The monoisotopic (exact) mass is 337 g/mol. The first-order valence-corrected chi connectivity index (χ1v) is 8.87. The molecule has 0 saturated carbocycles. The number of nitrogens with zero attached hydrogens (tertiary/aromatic N) is 4. The summed E-state index contributed by atoms with van der Waals surface area (Å²) in [4.78, 5) is 19.1. The van der Waals surface area contributed by atoms with Crippen molar-refractivity contribution in [3.8, 4) is 0 Å². The van der Waals surface area contributed by atoms with Crippen molar-refractivity contribution in [2.75, 3.05) is 13.1 Å². The minimum Gasteiger partial charge on any atom is -0.342 e. The molecule has 1 saturated heterocycles. The van der Waals surface area contributed by atoms with Gasteiger partial charge in [0.05, 0.1) is 29.5 Å². The highest BCUT2D eigenvalue weighted by molar-refractivity contribution is 5.78. The summed E-state index contributed by atoms with van der Waals surface area (Å²) in [5.41, 5.74) is 4.01. The van der Waals surface area contributed by atoms with Crippen molar-refractivity contribution in [2.45, 2.75) is 32.7 Å². The number of hydrogen-bond acceptors (Lipinski definition) is 3. The minimum atomic E-state index is 0.173. The lowest BCUT2D eigenvalue weighted by atomic mass is 9.97. The van der Waals surface area contributed by atoms with Gasteiger partial charge in [0.1, 0.15) is 0 Å². The molecule has 1 unspecified atom stereocenters. The van der Waals surface area contributed by atoms with E-state index in [0.717, 1.165) is 54.9 Å². The molecule has 25 heavy (non-hydrogen) atoms.